The lowest BCUT2D eigenvalue weighted by atomic mass is 9.94. The molecule has 2 rings (SSSR count). The van der Waals surface area contributed by atoms with Crippen LogP contribution in [-0.2, 0) is 0 Å². The van der Waals surface area contributed by atoms with Crippen molar-refractivity contribution in [2.45, 2.75) is 26.2 Å². The van der Waals surface area contributed by atoms with E-state index in [1.807, 2.05) is 30.0 Å². The van der Waals surface area contributed by atoms with Gasteiger partial charge in [0, 0.05) is 13.1 Å². The molecule has 1 saturated heterocycles. The summed E-state index contributed by atoms with van der Waals surface area (Å²) >= 11 is 6.17. The molecule has 0 aliphatic carbocycles. The van der Waals surface area contributed by atoms with Crippen LogP contribution in [-0.4, -0.2) is 30.4 Å². The second-order valence-corrected chi connectivity index (χ2v) is 5.73. The Kier molecular flexibility index (Phi) is 6.80. The fourth-order valence-corrected chi connectivity index (χ4v) is 3.00. The van der Waals surface area contributed by atoms with Crippen molar-refractivity contribution in [1.82, 2.24) is 4.90 Å². The van der Waals surface area contributed by atoms with E-state index in [1.54, 1.807) is 0 Å². The van der Waals surface area contributed by atoms with E-state index in [2.05, 4.69) is 0 Å². The van der Waals surface area contributed by atoms with Gasteiger partial charge in [0.05, 0.1) is 10.6 Å². The predicted molar refractivity (Wildman–Crippen MR) is 85.7 cm³/mol. The molecule has 0 aromatic heterocycles. The molecular weight excluding hydrogens is 295 g/mol. The van der Waals surface area contributed by atoms with E-state index in [0.717, 1.165) is 31.5 Å². The highest BCUT2D eigenvalue weighted by atomic mass is 35.5. The first-order valence-corrected chi connectivity index (χ1v) is 7.25. The minimum atomic E-state index is 0. The minimum Gasteiger partial charge on any atom is -0.338 e. The maximum atomic E-state index is 12.5. The lowest BCUT2D eigenvalue weighted by Crippen LogP contribution is -2.40. The van der Waals surface area contributed by atoms with Crippen molar-refractivity contribution in [2.24, 2.45) is 11.7 Å². The van der Waals surface area contributed by atoms with Gasteiger partial charge in [0.15, 0.2) is 0 Å². The van der Waals surface area contributed by atoms with E-state index in [4.69, 9.17) is 17.3 Å². The summed E-state index contributed by atoms with van der Waals surface area (Å²) in [5.41, 5.74) is 7.29. The van der Waals surface area contributed by atoms with Crippen LogP contribution in [0.3, 0.4) is 0 Å². The lowest BCUT2D eigenvalue weighted by Gasteiger charge is -2.33. The van der Waals surface area contributed by atoms with Gasteiger partial charge in [-0.15, -0.1) is 12.4 Å². The van der Waals surface area contributed by atoms with Gasteiger partial charge < -0.3 is 10.6 Å². The zero-order chi connectivity index (χ0) is 13.8. The molecule has 112 valence electrons. The first-order valence-electron chi connectivity index (χ1n) is 6.87. The maximum Gasteiger partial charge on any atom is 0.255 e. The van der Waals surface area contributed by atoms with Crippen LogP contribution in [0.2, 0.25) is 5.02 Å². The van der Waals surface area contributed by atoms with E-state index in [1.165, 1.54) is 6.42 Å². The number of nitrogens with zero attached hydrogens (tertiary/aromatic N) is 1. The highest BCUT2D eigenvalue weighted by molar-refractivity contribution is 6.33. The SMILES string of the molecule is Cc1ccc(C(=O)N2CCCC(CCN)C2)c(Cl)c1.Cl. The van der Waals surface area contributed by atoms with Gasteiger partial charge in [-0.1, -0.05) is 17.7 Å². The van der Waals surface area contributed by atoms with E-state index < -0.39 is 0 Å². The number of halogens is 2. The number of benzene rings is 1. The standard InChI is InChI=1S/C15H21ClN2O.ClH/c1-11-4-5-13(14(16)9-11)15(19)18-8-2-3-12(10-18)6-7-17;/h4-5,9,12H,2-3,6-8,10,17H2,1H3;1H. The molecule has 20 heavy (non-hydrogen) atoms. The van der Waals surface area contributed by atoms with Gasteiger partial charge in [-0.3, -0.25) is 4.79 Å². The summed E-state index contributed by atoms with van der Waals surface area (Å²) in [5.74, 6) is 0.582. The fraction of sp³-hybridized carbons (Fsp3) is 0.533. The third kappa shape index (κ3) is 4.11. The van der Waals surface area contributed by atoms with Crippen molar-refractivity contribution in [3.05, 3.63) is 34.3 Å². The third-order valence-electron chi connectivity index (χ3n) is 3.74. The number of hydrogen-bond donors (Lipinski definition) is 1. The monoisotopic (exact) mass is 316 g/mol. The Labute approximate surface area is 131 Å². The van der Waals surface area contributed by atoms with Gasteiger partial charge in [-0.2, -0.15) is 0 Å². The Morgan fingerprint density at radius 1 is 1.50 bits per heavy atom. The quantitative estimate of drug-likeness (QED) is 0.930. The molecule has 5 heteroatoms. The normalized spacial score (nSPS) is 18.6. The van der Waals surface area contributed by atoms with Crippen molar-refractivity contribution in [3.8, 4) is 0 Å². The van der Waals surface area contributed by atoms with Crippen LogP contribution in [0.1, 0.15) is 35.2 Å². The average molecular weight is 317 g/mol. The number of piperidine rings is 1. The summed E-state index contributed by atoms with van der Waals surface area (Å²) in [7, 11) is 0. The van der Waals surface area contributed by atoms with Crippen molar-refractivity contribution < 1.29 is 4.79 Å². The number of hydrogen-bond acceptors (Lipinski definition) is 2. The summed E-state index contributed by atoms with van der Waals surface area (Å²) in [5, 5.41) is 0.547. The summed E-state index contributed by atoms with van der Waals surface area (Å²) in [6, 6.07) is 5.60. The molecule has 1 unspecified atom stereocenters. The number of amides is 1. The maximum absolute atomic E-state index is 12.5. The third-order valence-corrected chi connectivity index (χ3v) is 4.05. The van der Waals surface area contributed by atoms with Crippen LogP contribution in [0.5, 0.6) is 0 Å². The van der Waals surface area contributed by atoms with Crippen molar-refractivity contribution >= 4 is 29.9 Å². The van der Waals surface area contributed by atoms with Gasteiger partial charge in [-0.05, 0) is 56.3 Å². The Morgan fingerprint density at radius 2 is 2.25 bits per heavy atom. The Hall–Kier alpha value is -0.770. The largest absolute Gasteiger partial charge is 0.338 e. The zero-order valence-electron chi connectivity index (χ0n) is 11.8. The molecule has 1 aromatic rings. The highest BCUT2D eigenvalue weighted by Crippen LogP contribution is 2.24. The smallest absolute Gasteiger partial charge is 0.255 e. The molecule has 1 amide bonds. The van der Waals surface area contributed by atoms with Gasteiger partial charge in [-0.25, -0.2) is 0 Å². The van der Waals surface area contributed by atoms with Crippen LogP contribution in [0.4, 0.5) is 0 Å². The van der Waals surface area contributed by atoms with E-state index in [0.29, 0.717) is 23.0 Å². The molecule has 1 aromatic carbocycles. The second kappa shape index (κ2) is 7.87. The van der Waals surface area contributed by atoms with E-state index in [9.17, 15) is 4.79 Å². The fourth-order valence-electron chi connectivity index (χ4n) is 2.68. The molecule has 1 aliphatic rings. The van der Waals surface area contributed by atoms with Gasteiger partial charge in [0.25, 0.3) is 5.91 Å². The zero-order valence-corrected chi connectivity index (χ0v) is 13.3. The van der Waals surface area contributed by atoms with Crippen molar-refractivity contribution in [2.75, 3.05) is 19.6 Å². The molecular formula is C15H22Cl2N2O. The van der Waals surface area contributed by atoms with Crippen LogP contribution in [0.25, 0.3) is 0 Å². The average Bonchev–Trinajstić information content (AvgIpc) is 2.39. The van der Waals surface area contributed by atoms with Crippen LogP contribution >= 0.6 is 24.0 Å². The first-order chi connectivity index (χ1) is 9.11. The molecule has 1 atom stereocenters. The van der Waals surface area contributed by atoms with Gasteiger partial charge in [0.1, 0.15) is 0 Å². The summed E-state index contributed by atoms with van der Waals surface area (Å²) in [6.07, 6.45) is 3.22. The number of likely N-dealkylation sites (tertiary alicyclic amines) is 1. The van der Waals surface area contributed by atoms with Crippen LogP contribution in [0.15, 0.2) is 18.2 Å². The van der Waals surface area contributed by atoms with Crippen molar-refractivity contribution in [1.29, 1.82) is 0 Å². The van der Waals surface area contributed by atoms with E-state index in [-0.39, 0.29) is 18.3 Å². The summed E-state index contributed by atoms with van der Waals surface area (Å²) < 4.78 is 0. The Bertz CT molecular complexity index is 463. The highest BCUT2D eigenvalue weighted by Gasteiger charge is 2.25. The molecule has 1 heterocycles. The number of aryl methyl sites for hydroxylation is 1. The van der Waals surface area contributed by atoms with Gasteiger partial charge in [0.2, 0.25) is 0 Å². The summed E-state index contributed by atoms with van der Waals surface area (Å²) in [4.78, 5) is 14.4. The number of nitrogens with two attached hydrogens (primary N) is 1. The molecule has 0 saturated carbocycles. The number of rotatable bonds is 3. The predicted octanol–water partition coefficient (Wildman–Crippen LogP) is 3.27. The minimum absolute atomic E-state index is 0. The molecule has 2 N–H and O–H groups in total. The Morgan fingerprint density at radius 3 is 2.90 bits per heavy atom. The molecule has 0 radical (unpaired) electrons. The molecule has 0 bridgehead atoms. The number of carbonyl (C=O) groups excluding carboxylic acids is 1. The molecule has 1 aliphatic heterocycles. The van der Waals surface area contributed by atoms with Crippen LogP contribution in [0, 0.1) is 12.8 Å². The second-order valence-electron chi connectivity index (χ2n) is 5.32. The van der Waals surface area contributed by atoms with Crippen molar-refractivity contribution in [3.63, 3.8) is 0 Å². The lowest BCUT2D eigenvalue weighted by molar-refractivity contribution is 0.0669. The van der Waals surface area contributed by atoms with Crippen LogP contribution < -0.4 is 5.73 Å². The topological polar surface area (TPSA) is 46.3 Å². The molecule has 1 fully saturated rings. The molecule has 3 nitrogen and oxygen atoms in total. The van der Waals surface area contributed by atoms with Gasteiger partial charge >= 0.3 is 0 Å². The Balaban J connectivity index is 0.00000200. The van der Waals surface area contributed by atoms with E-state index >= 15 is 0 Å². The summed E-state index contributed by atoms with van der Waals surface area (Å²) in [6.45, 7) is 4.29. The molecule has 0 spiro atoms. The number of carbonyl (C=O) groups is 1. The first kappa shape index (κ1) is 17.3.